The molecule has 194 valence electrons. The lowest BCUT2D eigenvalue weighted by Gasteiger charge is -2.29. The fourth-order valence-electron chi connectivity index (χ4n) is 5.27. The highest BCUT2D eigenvalue weighted by Crippen LogP contribution is 2.44. The van der Waals surface area contributed by atoms with Crippen LogP contribution >= 0.6 is 0 Å². The zero-order chi connectivity index (χ0) is 26.6. The number of nitrogens with one attached hydrogen (secondary N) is 1. The first-order valence-corrected chi connectivity index (χ1v) is 11.8. The number of hydrogen-bond donors (Lipinski definition) is 5. The van der Waals surface area contributed by atoms with E-state index in [-0.39, 0.29) is 5.56 Å². The molecule has 2 aromatic carbocycles. The first-order chi connectivity index (χ1) is 17.6. The number of anilines is 1. The number of fused-ring (bicyclic) bond motifs is 1. The molecule has 0 spiro atoms. The van der Waals surface area contributed by atoms with Crippen molar-refractivity contribution >= 4 is 28.6 Å². The van der Waals surface area contributed by atoms with Gasteiger partial charge in [-0.3, -0.25) is 9.59 Å². The molecule has 3 aliphatic rings. The van der Waals surface area contributed by atoms with Gasteiger partial charge < -0.3 is 35.4 Å². The van der Waals surface area contributed by atoms with Gasteiger partial charge in [-0.25, -0.2) is 4.39 Å². The molecule has 37 heavy (non-hydrogen) atoms. The molecule has 1 fully saturated rings. The third-order valence-electron chi connectivity index (χ3n) is 7.17. The minimum absolute atomic E-state index is 0.240. The summed E-state index contributed by atoms with van der Waals surface area (Å²) in [6, 6.07) is 8.52. The molecule has 0 saturated carbocycles. The Labute approximate surface area is 212 Å². The van der Waals surface area contributed by atoms with Crippen LogP contribution in [0.4, 0.5) is 10.1 Å². The summed E-state index contributed by atoms with van der Waals surface area (Å²) in [5, 5.41) is 42.4. The number of likely N-dealkylation sites (tertiary alicyclic amines) is 1. The van der Waals surface area contributed by atoms with E-state index >= 15 is 0 Å². The van der Waals surface area contributed by atoms with E-state index in [1.165, 1.54) is 18.2 Å². The van der Waals surface area contributed by atoms with Crippen LogP contribution in [0.5, 0.6) is 0 Å². The summed E-state index contributed by atoms with van der Waals surface area (Å²) in [6.07, 6.45) is -1.01. The van der Waals surface area contributed by atoms with Crippen LogP contribution in [0, 0.1) is 5.82 Å². The maximum Gasteiger partial charge on any atom is 0.260 e. The molecule has 1 saturated heterocycles. The highest BCUT2D eigenvalue weighted by atomic mass is 19.1. The number of carbonyl (C=O) groups is 2. The number of rotatable bonds is 4. The quantitative estimate of drug-likeness (QED) is 0.391. The Morgan fingerprint density at radius 1 is 1.05 bits per heavy atom. The van der Waals surface area contributed by atoms with Gasteiger partial charge in [0, 0.05) is 16.7 Å². The minimum Gasteiger partial charge on any atom is -0.482 e. The molecule has 0 bridgehead atoms. The second-order valence-electron chi connectivity index (χ2n) is 9.82. The lowest BCUT2D eigenvalue weighted by molar-refractivity contribution is -0.111. The number of benzene rings is 2. The molecule has 0 aliphatic carbocycles. The SMILES string of the molecule is CC1(C)OC(=C2C(=O)Nc3cc(F)ccc32)C=C1c1ccc(C(=O)N2[C@H](CO)[C@@H](O)[C@H](O)[C@@H]2CO)cc1. The molecule has 5 rings (SSSR count). The zero-order valence-corrected chi connectivity index (χ0v) is 20.2. The number of aliphatic hydroxyl groups is 4. The van der Waals surface area contributed by atoms with Crippen molar-refractivity contribution < 1.29 is 39.1 Å². The highest BCUT2D eigenvalue weighted by molar-refractivity contribution is 6.32. The first-order valence-electron chi connectivity index (χ1n) is 11.8. The fraction of sp³-hybridized carbons (Fsp3) is 0.333. The van der Waals surface area contributed by atoms with Crippen molar-refractivity contribution in [2.45, 2.75) is 43.7 Å². The standard InChI is InChI=1S/C27H27FN2O7/c1-27(2)17(10-21(37-27)22-16-8-7-15(28)9-18(16)29-25(22)35)13-3-5-14(6-4-13)26(36)30-19(11-31)23(33)24(34)20(30)12-32/h3-10,19-20,23-24,31-34H,11-12H2,1-2H3,(H,29,35)/t19-,20+,23-,24-/m1/s1. The van der Waals surface area contributed by atoms with Crippen molar-refractivity contribution in [2.24, 2.45) is 0 Å². The Morgan fingerprint density at radius 3 is 2.27 bits per heavy atom. The molecular formula is C27H27FN2O7. The topological polar surface area (TPSA) is 140 Å². The summed E-state index contributed by atoms with van der Waals surface area (Å²) in [5.74, 6) is -1.06. The van der Waals surface area contributed by atoms with Gasteiger partial charge in [0.15, 0.2) is 0 Å². The lowest BCUT2D eigenvalue weighted by Crippen LogP contribution is -2.47. The molecule has 3 aliphatic heterocycles. The zero-order valence-electron chi connectivity index (χ0n) is 20.2. The van der Waals surface area contributed by atoms with Gasteiger partial charge in [-0.05, 0) is 55.8 Å². The monoisotopic (exact) mass is 510 g/mol. The number of halogens is 1. The summed E-state index contributed by atoms with van der Waals surface area (Å²) in [4.78, 5) is 27.0. The molecule has 5 N–H and O–H groups in total. The minimum atomic E-state index is -1.38. The maximum absolute atomic E-state index is 13.6. The molecule has 3 heterocycles. The van der Waals surface area contributed by atoms with Gasteiger partial charge in [0.05, 0.1) is 36.6 Å². The van der Waals surface area contributed by atoms with Crippen LogP contribution in [-0.2, 0) is 9.53 Å². The van der Waals surface area contributed by atoms with Crippen LogP contribution in [0.2, 0.25) is 0 Å². The van der Waals surface area contributed by atoms with Crippen molar-refractivity contribution in [2.75, 3.05) is 18.5 Å². The average Bonchev–Trinajstić information content (AvgIpc) is 3.45. The second-order valence-corrected chi connectivity index (χ2v) is 9.82. The van der Waals surface area contributed by atoms with E-state index in [0.29, 0.717) is 22.6 Å². The molecule has 10 heteroatoms. The normalized spacial score (nSPS) is 28.1. The Bertz CT molecular complexity index is 1320. The summed E-state index contributed by atoms with van der Waals surface area (Å²) < 4.78 is 19.8. The largest absolute Gasteiger partial charge is 0.482 e. The third-order valence-corrected chi connectivity index (χ3v) is 7.17. The van der Waals surface area contributed by atoms with Gasteiger partial charge in [0.2, 0.25) is 0 Å². The van der Waals surface area contributed by atoms with Gasteiger partial charge in [-0.2, -0.15) is 0 Å². The molecule has 2 aromatic rings. The van der Waals surface area contributed by atoms with E-state index in [1.807, 2.05) is 13.8 Å². The van der Waals surface area contributed by atoms with E-state index in [0.717, 1.165) is 16.0 Å². The van der Waals surface area contributed by atoms with Crippen molar-refractivity contribution in [3.8, 4) is 0 Å². The Hall–Kier alpha value is -3.57. The number of aliphatic hydroxyl groups excluding tert-OH is 4. The Balaban J connectivity index is 1.47. The fourth-order valence-corrected chi connectivity index (χ4v) is 5.27. The number of nitrogens with zero attached hydrogens (tertiary/aromatic N) is 1. The molecule has 2 amide bonds. The van der Waals surface area contributed by atoms with E-state index in [9.17, 15) is 34.4 Å². The van der Waals surface area contributed by atoms with Crippen molar-refractivity contribution in [3.63, 3.8) is 0 Å². The Morgan fingerprint density at radius 2 is 1.68 bits per heavy atom. The second kappa shape index (κ2) is 9.07. The number of allylic oxidation sites excluding steroid dienone is 1. The summed E-state index contributed by atoms with van der Waals surface area (Å²) in [7, 11) is 0. The smallest absolute Gasteiger partial charge is 0.260 e. The van der Waals surface area contributed by atoms with Gasteiger partial charge in [-0.15, -0.1) is 0 Å². The molecule has 4 atom stereocenters. The van der Waals surface area contributed by atoms with Crippen molar-refractivity contribution in [1.29, 1.82) is 0 Å². The maximum atomic E-state index is 13.6. The number of hydrogen-bond acceptors (Lipinski definition) is 7. The summed E-state index contributed by atoms with van der Waals surface area (Å²) >= 11 is 0. The predicted octanol–water partition coefficient (Wildman–Crippen LogP) is 1.28. The van der Waals surface area contributed by atoms with Crippen LogP contribution in [0.3, 0.4) is 0 Å². The molecule has 9 nitrogen and oxygen atoms in total. The summed E-state index contributed by atoms with van der Waals surface area (Å²) in [5.41, 5.74) is 2.13. The van der Waals surface area contributed by atoms with Crippen LogP contribution in [0.25, 0.3) is 11.1 Å². The molecular weight excluding hydrogens is 483 g/mol. The van der Waals surface area contributed by atoms with Crippen LogP contribution in [0.15, 0.2) is 54.3 Å². The van der Waals surface area contributed by atoms with Gasteiger partial charge in [0.25, 0.3) is 11.8 Å². The van der Waals surface area contributed by atoms with E-state index in [4.69, 9.17) is 4.74 Å². The van der Waals surface area contributed by atoms with E-state index in [2.05, 4.69) is 5.32 Å². The van der Waals surface area contributed by atoms with Crippen LogP contribution < -0.4 is 5.32 Å². The number of amides is 2. The van der Waals surface area contributed by atoms with E-state index in [1.54, 1.807) is 30.3 Å². The number of carbonyl (C=O) groups excluding carboxylic acids is 2. The van der Waals surface area contributed by atoms with Crippen LogP contribution in [-0.4, -0.2) is 80.2 Å². The first kappa shape index (κ1) is 25.1. The average molecular weight is 511 g/mol. The van der Waals surface area contributed by atoms with E-state index < -0.39 is 60.7 Å². The number of ether oxygens (including phenoxy) is 1. The predicted molar refractivity (Wildman–Crippen MR) is 131 cm³/mol. The van der Waals surface area contributed by atoms with Gasteiger partial charge in [0.1, 0.15) is 29.4 Å². The molecule has 0 radical (unpaired) electrons. The molecule has 0 aromatic heterocycles. The van der Waals surface area contributed by atoms with Crippen molar-refractivity contribution in [3.05, 3.63) is 76.8 Å². The van der Waals surface area contributed by atoms with Crippen molar-refractivity contribution in [1.82, 2.24) is 4.90 Å². The third kappa shape index (κ3) is 4.02. The van der Waals surface area contributed by atoms with Crippen LogP contribution in [0.1, 0.15) is 35.3 Å². The highest BCUT2D eigenvalue weighted by Gasteiger charge is 2.49. The lowest BCUT2D eigenvalue weighted by atomic mass is 9.91. The molecule has 0 unspecified atom stereocenters. The van der Waals surface area contributed by atoms with Gasteiger partial charge >= 0.3 is 0 Å². The van der Waals surface area contributed by atoms with Gasteiger partial charge in [-0.1, -0.05) is 12.1 Å². The Kier molecular flexibility index (Phi) is 6.15. The summed E-state index contributed by atoms with van der Waals surface area (Å²) in [6.45, 7) is 2.54.